The first-order chi connectivity index (χ1) is 15.7. The Morgan fingerprint density at radius 1 is 1.03 bits per heavy atom. The van der Waals surface area contributed by atoms with Gasteiger partial charge in [0.15, 0.2) is 11.9 Å². The Kier molecular flexibility index (Phi) is 4.81. The fourth-order valence-electron chi connectivity index (χ4n) is 5.81. The maximum Gasteiger partial charge on any atom is 0.296 e. The van der Waals surface area contributed by atoms with Crippen LogP contribution in [0.2, 0.25) is 0 Å². The first-order valence-electron chi connectivity index (χ1n) is 11.6. The predicted octanol–water partition coefficient (Wildman–Crippen LogP) is 3.75. The summed E-state index contributed by atoms with van der Waals surface area (Å²) in [5.74, 6) is 0.167. The second-order valence-electron chi connectivity index (χ2n) is 9.28. The second-order valence-corrected chi connectivity index (χ2v) is 9.28. The van der Waals surface area contributed by atoms with Crippen LogP contribution in [0, 0.1) is 0 Å². The summed E-state index contributed by atoms with van der Waals surface area (Å²) in [5, 5.41) is 0. The summed E-state index contributed by atoms with van der Waals surface area (Å²) in [4.78, 5) is 19.6. The van der Waals surface area contributed by atoms with Crippen LogP contribution in [0.3, 0.4) is 0 Å². The Bertz CT molecular complexity index is 1080. The van der Waals surface area contributed by atoms with Gasteiger partial charge in [-0.2, -0.15) is 4.99 Å². The van der Waals surface area contributed by atoms with Gasteiger partial charge in [0.05, 0.1) is 6.10 Å². The molecule has 4 unspecified atom stereocenters. The van der Waals surface area contributed by atoms with Gasteiger partial charge in [-0.25, -0.2) is 0 Å². The van der Waals surface area contributed by atoms with Gasteiger partial charge < -0.3 is 19.1 Å². The number of likely N-dealkylation sites (tertiary alicyclic amines) is 1. The van der Waals surface area contributed by atoms with Crippen molar-refractivity contribution in [1.82, 2.24) is 4.90 Å². The molecule has 2 aromatic rings. The van der Waals surface area contributed by atoms with E-state index in [1.807, 2.05) is 12.1 Å². The van der Waals surface area contributed by atoms with Gasteiger partial charge in [0.1, 0.15) is 0 Å². The van der Waals surface area contributed by atoms with Gasteiger partial charge in [0, 0.05) is 44.5 Å². The molecule has 1 spiro atoms. The summed E-state index contributed by atoms with van der Waals surface area (Å²) in [5.41, 5.74) is 4.09. The Balaban J connectivity index is 1.21. The number of hydrogen-bond acceptors (Lipinski definition) is 5. The molecule has 1 fully saturated rings. The molecular formula is C26H28N2O4. The molecule has 4 aliphatic rings. The molecule has 1 amide bonds. The molecule has 6 heteroatoms. The summed E-state index contributed by atoms with van der Waals surface area (Å²) in [6.45, 7) is 1.54. The first-order valence-corrected chi connectivity index (χ1v) is 11.6. The molecule has 32 heavy (non-hydrogen) atoms. The van der Waals surface area contributed by atoms with E-state index in [2.05, 4.69) is 46.3 Å². The van der Waals surface area contributed by atoms with Gasteiger partial charge in [-0.05, 0) is 36.0 Å². The van der Waals surface area contributed by atoms with Crippen molar-refractivity contribution in [2.75, 3.05) is 20.2 Å². The highest BCUT2D eigenvalue weighted by Crippen LogP contribution is 2.43. The molecule has 4 atom stereocenters. The number of methoxy groups -OCH3 is 1. The molecule has 0 aromatic heterocycles. The summed E-state index contributed by atoms with van der Waals surface area (Å²) < 4.78 is 18.3. The number of carbonyl (C=O) groups is 1. The van der Waals surface area contributed by atoms with Gasteiger partial charge in [-0.1, -0.05) is 48.5 Å². The van der Waals surface area contributed by atoms with E-state index in [0.717, 1.165) is 37.9 Å². The summed E-state index contributed by atoms with van der Waals surface area (Å²) in [7, 11) is 1.69. The minimum atomic E-state index is -0.840. The van der Waals surface area contributed by atoms with E-state index >= 15 is 0 Å². The molecule has 2 aromatic carbocycles. The molecule has 166 valence electrons. The number of nitrogens with zero attached hydrogens (tertiary/aromatic N) is 2. The number of amidine groups is 1. The second kappa shape index (κ2) is 7.71. The number of benzene rings is 2. The third-order valence-corrected chi connectivity index (χ3v) is 7.54. The first kappa shape index (κ1) is 19.9. The normalized spacial score (nSPS) is 31.3. The van der Waals surface area contributed by atoms with Crippen molar-refractivity contribution >= 4 is 11.9 Å². The van der Waals surface area contributed by atoms with Crippen LogP contribution in [-0.4, -0.2) is 48.7 Å². The summed E-state index contributed by atoms with van der Waals surface area (Å²) in [6.07, 6.45) is 3.63. The number of hydrogen-bond donors (Lipinski definition) is 0. The molecule has 6 rings (SSSR count). The summed E-state index contributed by atoms with van der Waals surface area (Å²) in [6, 6.07) is 17.2. The highest BCUT2D eigenvalue weighted by atomic mass is 16.7. The van der Waals surface area contributed by atoms with Crippen molar-refractivity contribution < 1.29 is 19.0 Å². The fourth-order valence-corrected chi connectivity index (χ4v) is 5.81. The Morgan fingerprint density at radius 3 is 2.62 bits per heavy atom. The third kappa shape index (κ3) is 3.16. The molecule has 6 nitrogen and oxygen atoms in total. The number of ether oxygens (including phenoxy) is 3. The van der Waals surface area contributed by atoms with E-state index < -0.39 is 5.60 Å². The summed E-state index contributed by atoms with van der Waals surface area (Å²) >= 11 is 0. The standard InChI is InChI=1S/C26H28N2O4/c1-30-23-21-9-5-4-8-19(21)20-11-14-28(15-12-22(20)31-23)25-27-24(29)26(32-25)13-10-17-6-2-3-7-18(17)16-26/h2-9,20,22-23H,10-16H2,1H3. The molecule has 1 saturated heterocycles. The van der Waals surface area contributed by atoms with Crippen molar-refractivity contribution in [3.63, 3.8) is 0 Å². The van der Waals surface area contributed by atoms with E-state index in [-0.39, 0.29) is 18.3 Å². The third-order valence-electron chi connectivity index (χ3n) is 7.54. The minimum Gasteiger partial charge on any atom is -0.448 e. The van der Waals surface area contributed by atoms with Crippen molar-refractivity contribution in [3.8, 4) is 0 Å². The van der Waals surface area contributed by atoms with Crippen LogP contribution in [-0.2, 0) is 31.8 Å². The van der Waals surface area contributed by atoms with Gasteiger partial charge in [-0.3, -0.25) is 4.79 Å². The van der Waals surface area contributed by atoms with Crippen LogP contribution in [0.1, 0.15) is 53.7 Å². The van der Waals surface area contributed by atoms with E-state index in [0.29, 0.717) is 24.8 Å². The van der Waals surface area contributed by atoms with Crippen molar-refractivity contribution in [2.24, 2.45) is 4.99 Å². The van der Waals surface area contributed by atoms with E-state index in [1.54, 1.807) is 7.11 Å². The maximum atomic E-state index is 13.0. The monoisotopic (exact) mass is 432 g/mol. The minimum absolute atomic E-state index is 0.0769. The zero-order valence-corrected chi connectivity index (χ0v) is 18.3. The van der Waals surface area contributed by atoms with Gasteiger partial charge in [0.25, 0.3) is 11.9 Å². The van der Waals surface area contributed by atoms with E-state index in [4.69, 9.17) is 14.2 Å². The topological polar surface area (TPSA) is 60.4 Å². The molecule has 0 N–H and O–H groups in total. The maximum absolute atomic E-state index is 13.0. The van der Waals surface area contributed by atoms with Gasteiger partial charge in [-0.15, -0.1) is 0 Å². The number of fused-ring (bicyclic) bond motifs is 4. The van der Waals surface area contributed by atoms with Crippen molar-refractivity contribution in [2.45, 2.75) is 56.0 Å². The smallest absolute Gasteiger partial charge is 0.296 e. The van der Waals surface area contributed by atoms with Gasteiger partial charge >= 0.3 is 0 Å². The van der Waals surface area contributed by atoms with Gasteiger partial charge in [0.2, 0.25) is 0 Å². The molecule has 1 aliphatic carbocycles. The average molecular weight is 433 g/mol. The highest BCUT2D eigenvalue weighted by molar-refractivity contribution is 6.01. The number of aryl methyl sites for hydroxylation is 1. The largest absolute Gasteiger partial charge is 0.448 e. The SMILES string of the molecule is COC1OC2CCN(C3=NC(=O)C4(CCc5ccccc5C4)O3)CCC2c2ccccc21. The molecule has 0 radical (unpaired) electrons. The fraction of sp³-hybridized carbons (Fsp3) is 0.462. The lowest BCUT2D eigenvalue weighted by Gasteiger charge is -2.36. The highest BCUT2D eigenvalue weighted by Gasteiger charge is 2.50. The zero-order chi connectivity index (χ0) is 21.7. The van der Waals surface area contributed by atoms with Crippen LogP contribution >= 0.6 is 0 Å². The van der Waals surface area contributed by atoms with Crippen molar-refractivity contribution in [1.29, 1.82) is 0 Å². The van der Waals surface area contributed by atoms with E-state index in [9.17, 15) is 4.79 Å². The zero-order valence-electron chi connectivity index (χ0n) is 18.3. The molecular weight excluding hydrogens is 404 g/mol. The van der Waals surface area contributed by atoms with Crippen LogP contribution < -0.4 is 0 Å². The number of aliphatic imine (C=N–C) groups is 1. The molecule has 3 heterocycles. The van der Waals surface area contributed by atoms with Crippen LogP contribution in [0.15, 0.2) is 53.5 Å². The van der Waals surface area contributed by atoms with E-state index in [1.165, 1.54) is 16.7 Å². The average Bonchev–Trinajstić information content (AvgIpc) is 3.00. The Hall–Kier alpha value is -2.70. The Morgan fingerprint density at radius 2 is 1.78 bits per heavy atom. The van der Waals surface area contributed by atoms with Crippen LogP contribution in [0.5, 0.6) is 0 Å². The Labute approximate surface area is 188 Å². The lowest BCUT2D eigenvalue weighted by Crippen LogP contribution is -2.45. The van der Waals surface area contributed by atoms with Crippen LogP contribution in [0.25, 0.3) is 0 Å². The van der Waals surface area contributed by atoms with Crippen molar-refractivity contribution in [3.05, 3.63) is 70.8 Å². The number of amides is 1. The van der Waals surface area contributed by atoms with Crippen LogP contribution in [0.4, 0.5) is 0 Å². The quantitative estimate of drug-likeness (QED) is 0.687. The number of rotatable bonds is 1. The lowest BCUT2D eigenvalue weighted by atomic mass is 9.80. The number of carbonyl (C=O) groups excluding carboxylic acids is 1. The predicted molar refractivity (Wildman–Crippen MR) is 119 cm³/mol. The molecule has 0 saturated carbocycles. The molecule has 3 aliphatic heterocycles. The lowest BCUT2D eigenvalue weighted by molar-refractivity contribution is -0.176. The molecule has 0 bridgehead atoms.